The number of hydrogen-bond donors (Lipinski definition) is 2. The van der Waals surface area contributed by atoms with Crippen molar-refractivity contribution in [2.45, 2.75) is 19.6 Å². The standard InChI is InChI=1S/C13H15NO4/c1-3-14-10-7-9(18-2)5-4-8(10)6-11(14)12(15)13(16)17/h4-7,12,15H,3H2,1-2H3,(H,16,17). The monoisotopic (exact) mass is 249 g/mol. The average Bonchev–Trinajstić information content (AvgIpc) is 2.74. The summed E-state index contributed by atoms with van der Waals surface area (Å²) in [5.41, 5.74) is 1.24. The van der Waals surface area contributed by atoms with E-state index in [-0.39, 0.29) is 0 Å². The lowest BCUT2D eigenvalue weighted by Crippen LogP contribution is -2.14. The molecule has 2 aromatic rings. The van der Waals surface area contributed by atoms with Crippen LogP contribution >= 0.6 is 0 Å². The van der Waals surface area contributed by atoms with Crippen LogP contribution < -0.4 is 4.74 Å². The number of rotatable bonds is 4. The molecule has 0 spiro atoms. The van der Waals surface area contributed by atoms with E-state index in [9.17, 15) is 9.90 Å². The maximum atomic E-state index is 10.9. The van der Waals surface area contributed by atoms with Crippen molar-refractivity contribution in [3.63, 3.8) is 0 Å². The van der Waals surface area contributed by atoms with E-state index in [1.54, 1.807) is 23.8 Å². The molecule has 1 aromatic carbocycles. The molecular formula is C13H15NO4. The first-order valence-electron chi connectivity index (χ1n) is 5.66. The van der Waals surface area contributed by atoms with Gasteiger partial charge in [-0.1, -0.05) is 0 Å². The molecule has 0 fully saturated rings. The smallest absolute Gasteiger partial charge is 0.338 e. The largest absolute Gasteiger partial charge is 0.497 e. The highest BCUT2D eigenvalue weighted by Crippen LogP contribution is 2.27. The number of nitrogens with zero attached hydrogens (tertiary/aromatic N) is 1. The van der Waals surface area contributed by atoms with E-state index >= 15 is 0 Å². The number of aliphatic hydroxyl groups excluding tert-OH is 1. The Morgan fingerprint density at radius 2 is 2.17 bits per heavy atom. The molecule has 0 aliphatic rings. The number of carboxylic acids is 1. The highest BCUT2D eigenvalue weighted by atomic mass is 16.5. The van der Waals surface area contributed by atoms with Crippen molar-refractivity contribution in [1.29, 1.82) is 0 Å². The summed E-state index contributed by atoms with van der Waals surface area (Å²) in [4.78, 5) is 10.9. The van der Waals surface area contributed by atoms with Crippen LogP contribution in [-0.2, 0) is 11.3 Å². The van der Waals surface area contributed by atoms with Gasteiger partial charge in [0.25, 0.3) is 0 Å². The van der Waals surface area contributed by atoms with Gasteiger partial charge in [0.05, 0.1) is 18.3 Å². The fourth-order valence-corrected chi connectivity index (χ4v) is 2.09. The van der Waals surface area contributed by atoms with Gasteiger partial charge in [0.15, 0.2) is 6.10 Å². The van der Waals surface area contributed by atoms with Crippen LogP contribution in [-0.4, -0.2) is 27.9 Å². The molecule has 5 nitrogen and oxygen atoms in total. The molecule has 18 heavy (non-hydrogen) atoms. The molecule has 0 bridgehead atoms. The van der Waals surface area contributed by atoms with E-state index in [1.165, 1.54) is 0 Å². The quantitative estimate of drug-likeness (QED) is 0.866. The molecule has 0 aliphatic heterocycles. The predicted molar refractivity (Wildman–Crippen MR) is 66.8 cm³/mol. The van der Waals surface area contributed by atoms with Crippen LogP contribution in [0.3, 0.4) is 0 Å². The number of aromatic nitrogens is 1. The van der Waals surface area contributed by atoms with Crippen LogP contribution in [0.5, 0.6) is 5.75 Å². The summed E-state index contributed by atoms with van der Waals surface area (Å²) < 4.78 is 6.92. The van der Waals surface area contributed by atoms with Gasteiger partial charge in [-0.05, 0) is 25.1 Å². The molecule has 1 unspecified atom stereocenters. The lowest BCUT2D eigenvalue weighted by atomic mass is 10.2. The minimum atomic E-state index is -1.51. The van der Waals surface area contributed by atoms with E-state index in [4.69, 9.17) is 9.84 Å². The number of ether oxygens (including phenoxy) is 1. The number of fused-ring (bicyclic) bond motifs is 1. The number of benzene rings is 1. The van der Waals surface area contributed by atoms with Crippen molar-refractivity contribution >= 4 is 16.9 Å². The Morgan fingerprint density at radius 1 is 1.44 bits per heavy atom. The Bertz CT molecular complexity index is 588. The first-order valence-corrected chi connectivity index (χ1v) is 5.66. The van der Waals surface area contributed by atoms with E-state index in [0.717, 1.165) is 10.9 Å². The SMILES string of the molecule is CCn1c(C(O)C(=O)O)cc2ccc(OC)cc21. The van der Waals surface area contributed by atoms with Crippen molar-refractivity contribution in [2.24, 2.45) is 0 Å². The molecule has 0 saturated carbocycles. The third kappa shape index (κ3) is 1.93. The number of carboxylic acid groups (broad SMARTS) is 1. The fourth-order valence-electron chi connectivity index (χ4n) is 2.09. The summed E-state index contributed by atoms with van der Waals surface area (Å²) in [6.45, 7) is 2.48. The van der Waals surface area contributed by atoms with Crippen molar-refractivity contribution in [1.82, 2.24) is 4.57 Å². The third-order valence-electron chi connectivity index (χ3n) is 2.97. The first-order chi connectivity index (χ1) is 8.58. The number of methoxy groups -OCH3 is 1. The fraction of sp³-hybridized carbons (Fsp3) is 0.308. The average molecular weight is 249 g/mol. The zero-order chi connectivity index (χ0) is 13.3. The minimum Gasteiger partial charge on any atom is -0.497 e. The Morgan fingerprint density at radius 3 is 2.72 bits per heavy atom. The molecule has 1 aromatic heterocycles. The van der Waals surface area contributed by atoms with E-state index < -0.39 is 12.1 Å². The molecule has 0 aliphatic carbocycles. The molecule has 96 valence electrons. The van der Waals surface area contributed by atoms with Crippen molar-refractivity contribution in [2.75, 3.05) is 7.11 Å². The number of aryl methyl sites for hydroxylation is 1. The zero-order valence-corrected chi connectivity index (χ0v) is 10.3. The molecule has 0 saturated heterocycles. The third-order valence-corrected chi connectivity index (χ3v) is 2.97. The summed E-state index contributed by atoms with van der Waals surface area (Å²) in [7, 11) is 1.58. The van der Waals surface area contributed by atoms with Gasteiger partial charge in [-0.3, -0.25) is 0 Å². The molecular weight excluding hydrogens is 234 g/mol. The number of hydrogen-bond acceptors (Lipinski definition) is 3. The van der Waals surface area contributed by atoms with Gasteiger partial charge in [-0.25, -0.2) is 4.79 Å². The van der Waals surface area contributed by atoms with Gasteiger partial charge >= 0.3 is 5.97 Å². The van der Waals surface area contributed by atoms with Crippen LogP contribution in [0.2, 0.25) is 0 Å². The summed E-state index contributed by atoms with van der Waals surface area (Å²) >= 11 is 0. The second kappa shape index (κ2) is 4.70. The van der Waals surface area contributed by atoms with Gasteiger partial charge in [0, 0.05) is 18.0 Å². The van der Waals surface area contributed by atoms with Crippen LogP contribution in [0.4, 0.5) is 0 Å². The second-order valence-electron chi connectivity index (χ2n) is 3.98. The number of aliphatic carboxylic acids is 1. The van der Waals surface area contributed by atoms with E-state index in [2.05, 4.69) is 0 Å². The van der Waals surface area contributed by atoms with Crippen molar-refractivity contribution < 1.29 is 19.7 Å². The zero-order valence-electron chi connectivity index (χ0n) is 10.3. The first kappa shape index (κ1) is 12.4. The molecule has 5 heteroatoms. The van der Waals surface area contributed by atoms with Crippen molar-refractivity contribution in [3.05, 3.63) is 30.0 Å². The van der Waals surface area contributed by atoms with Crippen LogP contribution in [0.15, 0.2) is 24.3 Å². The van der Waals surface area contributed by atoms with Gasteiger partial charge < -0.3 is 19.5 Å². The van der Waals surface area contributed by atoms with Gasteiger partial charge in [-0.15, -0.1) is 0 Å². The Balaban J connectivity index is 2.65. The van der Waals surface area contributed by atoms with E-state index in [0.29, 0.717) is 18.0 Å². The Hall–Kier alpha value is -2.01. The molecule has 2 N–H and O–H groups in total. The molecule has 1 atom stereocenters. The van der Waals surface area contributed by atoms with Gasteiger partial charge in [0.2, 0.25) is 0 Å². The van der Waals surface area contributed by atoms with Gasteiger partial charge in [0.1, 0.15) is 5.75 Å². The Labute approximate surface area is 104 Å². The minimum absolute atomic E-state index is 0.383. The van der Waals surface area contributed by atoms with Crippen LogP contribution in [0, 0.1) is 0 Å². The molecule has 2 rings (SSSR count). The summed E-state index contributed by atoms with van der Waals surface area (Å²) in [6, 6.07) is 7.17. The van der Waals surface area contributed by atoms with Crippen LogP contribution in [0.1, 0.15) is 18.7 Å². The molecule has 0 radical (unpaired) electrons. The lowest BCUT2D eigenvalue weighted by molar-refractivity contribution is -0.147. The van der Waals surface area contributed by atoms with Crippen molar-refractivity contribution in [3.8, 4) is 5.75 Å². The normalized spacial score (nSPS) is 12.6. The molecule has 1 heterocycles. The van der Waals surface area contributed by atoms with E-state index in [1.807, 2.05) is 19.1 Å². The predicted octanol–water partition coefficient (Wildman–Crippen LogP) is 1.79. The number of carbonyl (C=O) groups is 1. The second-order valence-corrected chi connectivity index (χ2v) is 3.98. The van der Waals surface area contributed by atoms with Crippen LogP contribution in [0.25, 0.3) is 10.9 Å². The highest BCUT2D eigenvalue weighted by Gasteiger charge is 2.21. The highest BCUT2D eigenvalue weighted by molar-refractivity contribution is 5.85. The lowest BCUT2D eigenvalue weighted by Gasteiger charge is -2.10. The van der Waals surface area contributed by atoms with Gasteiger partial charge in [-0.2, -0.15) is 0 Å². The maximum Gasteiger partial charge on any atom is 0.338 e. The maximum absolute atomic E-state index is 10.9. The summed E-state index contributed by atoms with van der Waals surface area (Å²) in [5, 5.41) is 19.5. The topological polar surface area (TPSA) is 71.7 Å². The number of aliphatic hydroxyl groups is 1. The summed E-state index contributed by atoms with van der Waals surface area (Å²) in [6.07, 6.45) is -1.51. The summed E-state index contributed by atoms with van der Waals surface area (Å²) in [5.74, 6) is -0.550. The molecule has 0 amide bonds. The Kier molecular flexibility index (Phi) is 3.25.